The molecule has 1 aromatic rings. The zero-order valence-corrected chi connectivity index (χ0v) is 12.7. The van der Waals surface area contributed by atoms with Gasteiger partial charge in [-0.3, -0.25) is 4.79 Å². The van der Waals surface area contributed by atoms with Crippen LogP contribution in [0.25, 0.3) is 0 Å². The minimum atomic E-state index is -0.501. The van der Waals surface area contributed by atoms with E-state index in [1.807, 2.05) is 13.8 Å². The second-order valence-electron chi connectivity index (χ2n) is 4.76. The van der Waals surface area contributed by atoms with E-state index >= 15 is 0 Å². The molecule has 4 heteroatoms. The van der Waals surface area contributed by atoms with Gasteiger partial charge in [0, 0.05) is 25.1 Å². The first-order valence-electron chi connectivity index (χ1n) is 7.32. The van der Waals surface area contributed by atoms with Gasteiger partial charge in [-0.2, -0.15) is 0 Å². The molecule has 1 rings (SSSR count). The summed E-state index contributed by atoms with van der Waals surface area (Å²) in [5, 5.41) is 8.65. The molecule has 0 unspecified atom stereocenters. The Bertz CT molecular complexity index is 525. The van der Waals surface area contributed by atoms with E-state index in [0.717, 1.165) is 12.8 Å². The number of aliphatic hydroxyl groups is 1. The van der Waals surface area contributed by atoms with Crippen molar-refractivity contribution in [2.24, 2.45) is 0 Å². The van der Waals surface area contributed by atoms with Crippen LogP contribution in [0.5, 0.6) is 0 Å². The van der Waals surface area contributed by atoms with Crippen molar-refractivity contribution in [1.29, 1.82) is 0 Å². The van der Waals surface area contributed by atoms with Crippen molar-refractivity contribution in [2.75, 3.05) is 19.7 Å². The number of carbonyl (C=O) groups is 1. The molecule has 3 nitrogen and oxygen atoms in total. The average Bonchev–Trinajstić information content (AvgIpc) is 2.48. The Labute approximate surface area is 125 Å². The van der Waals surface area contributed by atoms with Crippen molar-refractivity contribution in [3.63, 3.8) is 0 Å². The predicted molar refractivity (Wildman–Crippen MR) is 81.5 cm³/mol. The molecule has 0 fully saturated rings. The zero-order valence-electron chi connectivity index (χ0n) is 12.7. The largest absolute Gasteiger partial charge is 0.395 e. The Morgan fingerprint density at radius 3 is 2.48 bits per heavy atom. The van der Waals surface area contributed by atoms with Crippen LogP contribution >= 0.6 is 0 Å². The molecule has 1 N–H and O–H groups in total. The monoisotopic (exact) mass is 291 g/mol. The van der Waals surface area contributed by atoms with Crippen molar-refractivity contribution in [3.05, 3.63) is 35.1 Å². The summed E-state index contributed by atoms with van der Waals surface area (Å²) in [4.78, 5) is 14.1. The minimum Gasteiger partial charge on any atom is -0.395 e. The van der Waals surface area contributed by atoms with E-state index in [-0.39, 0.29) is 18.1 Å². The Morgan fingerprint density at radius 2 is 1.95 bits per heavy atom. The molecule has 0 bridgehead atoms. The molecule has 21 heavy (non-hydrogen) atoms. The topological polar surface area (TPSA) is 40.5 Å². The van der Waals surface area contributed by atoms with Gasteiger partial charge in [-0.25, -0.2) is 4.39 Å². The lowest BCUT2D eigenvalue weighted by Gasteiger charge is -2.21. The number of hydrogen-bond donors (Lipinski definition) is 1. The molecule has 0 atom stereocenters. The van der Waals surface area contributed by atoms with E-state index in [0.29, 0.717) is 25.1 Å². The van der Waals surface area contributed by atoms with Crippen molar-refractivity contribution >= 4 is 5.91 Å². The molecule has 0 heterocycles. The third kappa shape index (κ3) is 5.20. The van der Waals surface area contributed by atoms with Gasteiger partial charge in [0.25, 0.3) is 5.91 Å². The highest BCUT2D eigenvalue weighted by Crippen LogP contribution is 2.12. The van der Waals surface area contributed by atoms with Crippen LogP contribution in [-0.2, 0) is 0 Å². The van der Waals surface area contributed by atoms with Crippen LogP contribution in [0.3, 0.4) is 0 Å². The number of nitrogens with zero attached hydrogens (tertiary/aromatic N) is 1. The van der Waals surface area contributed by atoms with Gasteiger partial charge in [-0.1, -0.05) is 25.7 Å². The summed E-state index contributed by atoms with van der Waals surface area (Å²) in [5.74, 6) is 4.67. The maximum atomic E-state index is 13.9. The van der Waals surface area contributed by atoms with Crippen molar-refractivity contribution in [3.8, 4) is 11.8 Å². The zero-order chi connectivity index (χ0) is 15.7. The molecule has 1 amide bonds. The van der Waals surface area contributed by atoms with Crippen molar-refractivity contribution in [1.82, 2.24) is 4.90 Å². The standard InChI is InChI=1S/C17H22FNO2/c1-3-10-19(11-4-2)17(21)15-9-8-14(16(18)13-15)7-5-6-12-20/h8-9,13,20H,3-4,6,10-12H2,1-2H3. The van der Waals surface area contributed by atoms with Gasteiger partial charge in [0.15, 0.2) is 0 Å². The molecule has 0 aromatic heterocycles. The summed E-state index contributed by atoms with van der Waals surface area (Å²) in [6.07, 6.45) is 2.05. The van der Waals surface area contributed by atoms with Gasteiger partial charge >= 0.3 is 0 Å². The highest BCUT2D eigenvalue weighted by atomic mass is 19.1. The van der Waals surface area contributed by atoms with E-state index < -0.39 is 5.82 Å². The van der Waals surface area contributed by atoms with Crippen LogP contribution in [-0.4, -0.2) is 35.6 Å². The van der Waals surface area contributed by atoms with E-state index in [9.17, 15) is 9.18 Å². The third-order valence-corrected chi connectivity index (χ3v) is 2.95. The lowest BCUT2D eigenvalue weighted by molar-refractivity contribution is 0.0755. The number of halogens is 1. The maximum absolute atomic E-state index is 13.9. The molecule has 114 valence electrons. The lowest BCUT2D eigenvalue weighted by atomic mass is 10.1. The summed E-state index contributed by atoms with van der Waals surface area (Å²) in [6, 6.07) is 4.36. The van der Waals surface area contributed by atoms with E-state index in [1.165, 1.54) is 12.1 Å². The number of amides is 1. The van der Waals surface area contributed by atoms with Crippen LogP contribution in [0.1, 0.15) is 49.0 Å². The average molecular weight is 291 g/mol. The van der Waals surface area contributed by atoms with Crippen LogP contribution in [0.4, 0.5) is 4.39 Å². The molecule has 0 spiro atoms. The molecule has 0 radical (unpaired) electrons. The normalized spacial score (nSPS) is 9.90. The first-order chi connectivity index (χ1) is 10.1. The summed E-state index contributed by atoms with van der Waals surface area (Å²) in [7, 11) is 0. The van der Waals surface area contributed by atoms with Gasteiger partial charge in [0.2, 0.25) is 0 Å². The Hall–Kier alpha value is -1.86. The Kier molecular flexibility index (Phi) is 7.49. The first-order valence-corrected chi connectivity index (χ1v) is 7.32. The molecule has 1 aromatic carbocycles. The SMILES string of the molecule is CCCN(CCC)C(=O)c1ccc(C#CCCO)c(F)c1. The number of hydrogen-bond acceptors (Lipinski definition) is 2. The van der Waals surface area contributed by atoms with E-state index in [2.05, 4.69) is 11.8 Å². The third-order valence-electron chi connectivity index (χ3n) is 2.95. The Morgan fingerprint density at radius 1 is 1.29 bits per heavy atom. The second-order valence-corrected chi connectivity index (χ2v) is 4.76. The molecule has 0 aliphatic carbocycles. The first kappa shape index (κ1) is 17.2. The van der Waals surface area contributed by atoms with Crippen molar-refractivity contribution < 1.29 is 14.3 Å². The highest BCUT2D eigenvalue weighted by Gasteiger charge is 2.15. The van der Waals surface area contributed by atoms with Crippen molar-refractivity contribution in [2.45, 2.75) is 33.1 Å². The van der Waals surface area contributed by atoms with Crippen LogP contribution in [0, 0.1) is 17.7 Å². The van der Waals surface area contributed by atoms with E-state index in [4.69, 9.17) is 5.11 Å². The minimum absolute atomic E-state index is 0.0474. The van der Waals surface area contributed by atoms with Crippen LogP contribution in [0.15, 0.2) is 18.2 Å². The quantitative estimate of drug-likeness (QED) is 0.819. The fraction of sp³-hybridized carbons (Fsp3) is 0.471. The summed E-state index contributed by atoms with van der Waals surface area (Å²) in [5.41, 5.74) is 0.597. The predicted octanol–water partition coefficient (Wildman–Crippen LogP) is 2.82. The molecular formula is C17H22FNO2. The molecule has 0 aliphatic rings. The van der Waals surface area contributed by atoms with Gasteiger partial charge < -0.3 is 10.0 Å². The smallest absolute Gasteiger partial charge is 0.253 e. The van der Waals surface area contributed by atoms with Gasteiger partial charge in [0.05, 0.1) is 12.2 Å². The van der Waals surface area contributed by atoms with Crippen LogP contribution in [0.2, 0.25) is 0 Å². The summed E-state index contributed by atoms with van der Waals surface area (Å²) >= 11 is 0. The summed E-state index contributed by atoms with van der Waals surface area (Å²) < 4.78 is 13.9. The van der Waals surface area contributed by atoms with Gasteiger partial charge in [0.1, 0.15) is 5.82 Å². The van der Waals surface area contributed by atoms with Gasteiger partial charge in [-0.05, 0) is 31.0 Å². The van der Waals surface area contributed by atoms with Crippen LogP contribution < -0.4 is 0 Å². The second kappa shape index (κ2) is 9.15. The summed E-state index contributed by atoms with van der Waals surface area (Å²) in [6.45, 7) is 5.32. The van der Waals surface area contributed by atoms with Gasteiger partial charge in [-0.15, -0.1) is 0 Å². The molecule has 0 aliphatic heterocycles. The highest BCUT2D eigenvalue weighted by molar-refractivity contribution is 5.94. The molecular weight excluding hydrogens is 269 g/mol. The number of benzene rings is 1. The molecule has 0 saturated carbocycles. The lowest BCUT2D eigenvalue weighted by Crippen LogP contribution is -2.32. The fourth-order valence-electron chi connectivity index (χ4n) is 2.00. The number of carbonyl (C=O) groups excluding carboxylic acids is 1. The fourth-order valence-corrected chi connectivity index (χ4v) is 2.00. The number of rotatable bonds is 6. The number of aliphatic hydroxyl groups excluding tert-OH is 1. The molecule has 0 saturated heterocycles. The maximum Gasteiger partial charge on any atom is 0.253 e. The van der Waals surface area contributed by atoms with E-state index in [1.54, 1.807) is 11.0 Å². The Balaban J connectivity index is 2.91.